The summed E-state index contributed by atoms with van der Waals surface area (Å²) in [5, 5.41) is 3.46. The maximum Gasteiger partial charge on any atom is 0.193 e. The smallest absolute Gasteiger partial charge is 0.193 e. The van der Waals surface area contributed by atoms with Gasteiger partial charge in [-0.25, -0.2) is 0 Å². The number of likely N-dealkylation sites (tertiary alicyclic amines) is 1. The van der Waals surface area contributed by atoms with Crippen molar-refractivity contribution in [1.29, 1.82) is 0 Å². The fourth-order valence-electron chi connectivity index (χ4n) is 4.26. The molecule has 2 aliphatic heterocycles. The zero-order chi connectivity index (χ0) is 18.1. The summed E-state index contributed by atoms with van der Waals surface area (Å²) in [6.07, 6.45) is 5.04. The van der Waals surface area contributed by atoms with Crippen LogP contribution in [0.15, 0.2) is 4.99 Å². The van der Waals surface area contributed by atoms with Crippen molar-refractivity contribution in [2.75, 3.05) is 59.5 Å². The molecule has 2 fully saturated rings. The fraction of sp³-hybridized carbons (Fsp3) is 0.950. The van der Waals surface area contributed by atoms with Gasteiger partial charge in [0.05, 0.1) is 6.54 Å². The molecular weight excluding hydrogens is 439 g/mol. The zero-order valence-corrected chi connectivity index (χ0v) is 19.7. The molecule has 6 heteroatoms. The number of nitrogens with zero attached hydrogens (tertiary/aromatic N) is 3. The standard InChI is InChI=1S/C20H40N4O.HI/c1-5-21-20(23(4)10-6-19-7-12-25-13-8-19)22-9-11-24-15-17(2)14-18(3)16-24;/h17-19H,5-16H2,1-4H3,(H,21,22);1H. The molecule has 2 atom stereocenters. The van der Waals surface area contributed by atoms with Crippen molar-refractivity contribution in [3.8, 4) is 0 Å². The van der Waals surface area contributed by atoms with Crippen molar-refractivity contribution < 1.29 is 4.74 Å². The van der Waals surface area contributed by atoms with Crippen LogP contribution in [0.5, 0.6) is 0 Å². The zero-order valence-electron chi connectivity index (χ0n) is 17.4. The third-order valence-corrected chi connectivity index (χ3v) is 5.53. The molecule has 0 aliphatic carbocycles. The molecule has 0 aromatic rings. The molecule has 154 valence electrons. The first-order valence-corrected chi connectivity index (χ1v) is 10.4. The third kappa shape index (κ3) is 8.74. The second kappa shape index (κ2) is 13.2. The number of aliphatic imine (C=N–C) groups is 1. The van der Waals surface area contributed by atoms with E-state index in [0.29, 0.717) is 0 Å². The van der Waals surface area contributed by atoms with Crippen LogP contribution >= 0.6 is 24.0 Å². The van der Waals surface area contributed by atoms with E-state index in [2.05, 4.69) is 42.9 Å². The maximum atomic E-state index is 5.46. The van der Waals surface area contributed by atoms with Gasteiger partial charge in [0.1, 0.15) is 0 Å². The predicted octanol–water partition coefficient (Wildman–Crippen LogP) is 3.30. The van der Waals surface area contributed by atoms with E-state index in [-0.39, 0.29) is 24.0 Å². The van der Waals surface area contributed by atoms with Gasteiger partial charge in [-0.2, -0.15) is 0 Å². The lowest BCUT2D eigenvalue weighted by Gasteiger charge is -2.34. The molecular formula is C20H41IN4O. The summed E-state index contributed by atoms with van der Waals surface area (Å²) in [4.78, 5) is 9.78. The van der Waals surface area contributed by atoms with Gasteiger partial charge < -0.3 is 19.9 Å². The van der Waals surface area contributed by atoms with Crippen LogP contribution in [-0.4, -0.2) is 75.3 Å². The average molecular weight is 480 g/mol. The Kier molecular flexibility index (Phi) is 12.1. The highest BCUT2D eigenvalue weighted by Gasteiger charge is 2.21. The quantitative estimate of drug-likeness (QED) is 0.345. The number of guanidine groups is 1. The number of nitrogens with one attached hydrogen (secondary N) is 1. The summed E-state index contributed by atoms with van der Waals surface area (Å²) in [6.45, 7) is 15.2. The summed E-state index contributed by atoms with van der Waals surface area (Å²) in [6, 6.07) is 0. The van der Waals surface area contributed by atoms with Crippen LogP contribution in [-0.2, 0) is 4.74 Å². The van der Waals surface area contributed by atoms with Gasteiger partial charge in [0, 0.05) is 53.0 Å². The van der Waals surface area contributed by atoms with Crippen LogP contribution in [0.1, 0.15) is 46.5 Å². The molecule has 0 bridgehead atoms. The molecule has 0 amide bonds. The first-order chi connectivity index (χ1) is 12.1. The Morgan fingerprint density at radius 1 is 1.19 bits per heavy atom. The second-order valence-corrected chi connectivity index (χ2v) is 8.21. The van der Waals surface area contributed by atoms with Gasteiger partial charge in [0.25, 0.3) is 0 Å². The van der Waals surface area contributed by atoms with Crippen LogP contribution in [0.25, 0.3) is 0 Å². The molecule has 2 aliphatic rings. The molecule has 0 spiro atoms. The Bertz CT molecular complexity index is 391. The Labute approximate surface area is 178 Å². The number of rotatable bonds is 7. The third-order valence-electron chi connectivity index (χ3n) is 5.53. The van der Waals surface area contributed by atoms with Crippen molar-refractivity contribution in [2.45, 2.75) is 46.5 Å². The molecule has 0 saturated carbocycles. The van der Waals surface area contributed by atoms with Crippen molar-refractivity contribution in [2.24, 2.45) is 22.7 Å². The molecule has 2 heterocycles. The van der Waals surface area contributed by atoms with Crippen LogP contribution in [0.4, 0.5) is 0 Å². The van der Waals surface area contributed by atoms with Crippen molar-refractivity contribution >= 4 is 29.9 Å². The van der Waals surface area contributed by atoms with E-state index in [1.807, 2.05) is 0 Å². The Balaban J connectivity index is 0.00000338. The lowest BCUT2D eigenvalue weighted by Crippen LogP contribution is -2.42. The first-order valence-electron chi connectivity index (χ1n) is 10.4. The molecule has 2 saturated heterocycles. The highest BCUT2D eigenvalue weighted by Crippen LogP contribution is 2.20. The van der Waals surface area contributed by atoms with E-state index < -0.39 is 0 Å². The van der Waals surface area contributed by atoms with E-state index >= 15 is 0 Å². The van der Waals surface area contributed by atoms with Crippen LogP contribution in [0.3, 0.4) is 0 Å². The Morgan fingerprint density at radius 2 is 1.85 bits per heavy atom. The van der Waals surface area contributed by atoms with Gasteiger partial charge in [-0.15, -0.1) is 24.0 Å². The highest BCUT2D eigenvalue weighted by molar-refractivity contribution is 14.0. The van der Waals surface area contributed by atoms with Crippen LogP contribution in [0, 0.1) is 17.8 Å². The molecule has 1 N–H and O–H groups in total. The molecule has 0 aromatic heterocycles. The van der Waals surface area contributed by atoms with E-state index in [4.69, 9.17) is 9.73 Å². The van der Waals surface area contributed by atoms with Gasteiger partial charge in [0.2, 0.25) is 0 Å². The minimum atomic E-state index is 0. The monoisotopic (exact) mass is 480 g/mol. The summed E-state index contributed by atoms with van der Waals surface area (Å²) < 4.78 is 5.46. The summed E-state index contributed by atoms with van der Waals surface area (Å²) in [7, 11) is 2.17. The van der Waals surface area contributed by atoms with Gasteiger partial charge in [-0.3, -0.25) is 4.99 Å². The van der Waals surface area contributed by atoms with Crippen molar-refractivity contribution in [1.82, 2.24) is 15.1 Å². The van der Waals surface area contributed by atoms with Gasteiger partial charge in [0.15, 0.2) is 5.96 Å². The highest BCUT2D eigenvalue weighted by atomic mass is 127. The Hall–Kier alpha value is -0.0800. The molecule has 26 heavy (non-hydrogen) atoms. The SMILES string of the molecule is CCNC(=NCCN1CC(C)CC(C)C1)N(C)CCC1CCOCC1.I. The van der Waals surface area contributed by atoms with E-state index in [1.165, 1.54) is 38.8 Å². The minimum absolute atomic E-state index is 0. The van der Waals surface area contributed by atoms with Crippen LogP contribution < -0.4 is 5.32 Å². The molecule has 5 nitrogen and oxygen atoms in total. The molecule has 0 aromatic carbocycles. The number of halogens is 1. The molecule has 0 radical (unpaired) electrons. The summed E-state index contributed by atoms with van der Waals surface area (Å²) >= 11 is 0. The maximum absolute atomic E-state index is 5.46. The lowest BCUT2D eigenvalue weighted by molar-refractivity contribution is 0.0625. The fourth-order valence-corrected chi connectivity index (χ4v) is 4.26. The van der Waals surface area contributed by atoms with E-state index in [0.717, 1.165) is 63.1 Å². The minimum Gasteiger partial charge on any atom is -0.381 e. The molecule has 2 unspecified atom stereocenters. The van der Waals surface area contributed by atoms with E-state index in [9.17, 15) is 0 Å². The van der Waals surface area contributed by atoms with Crippen LogP contribution in [0.2, 0.25) is 0 Å². The normalized spacial score (nSPS) is 25.6. The predicted molar refractivity (Wildman–Crippen MR) is 122 cm³/mol. The van der Waals surface area contributed by atoms with E-state index in [1.54, 1.807) is 0 Å². The topological polar surface area (TPSA) is 40.1 Å². The number of piperidine rings is 1. The summed E-state index contributed by atoms with van der Waals surface area (Å²) in [5.74, 6) is 3.52. The summed E-state index contributed by atoms with van der Waals surface area (Å²) in [5.41, 5.74) is 0. The number of ether oxygens (including phenoxy) is 1. The van der Waals surface area contributed by atoms with Crippen molar-refractivity contribution in [3.63, 3.8) is 0 Å². The average Bonchev–Trinajstić information content (AvgIpc) is 2.59. The number of hydrogen-bond donors (Lipinski definition) is 1. The van der Waals surface area contributed by atoms with Gasteiger partial charge >= 0.3 is 0 Å². The van der Waals surface area contributed by atoms with Gasteiger partial charge in [-0.05, 0) is 50.4 Å². The lowest BCUT2D eigenvalue weighted by atomic mass is 9.92. The second-order valence-electron chi connectivity index (χ2n) is 8.21. The first kappa shape index (κ1) is 24.0. The van der Waals surface area contributed by atoms with Gasteiger partial charge in [-0.1, -0.05) is 13.8 Å². The van der Waals surface area contributed by atoms with Crippen molar-refractivity contribution in [3.05, 3.63) is 0 Å². The Morgan fingerprint density at radius 3 is 2.46 bits per heavy atom. The number of hydrogen-bond acceptors (Lipinski definition) is 3. The largest absolute Gasteiger partial charge is 0.381 e. The molecule has 2 rings (SSSR count).